The largest absolute Gasteiger partial charge is 0.494 e. The number of nitrogens with one attached hydrogen (secondary N) is 1. The van der Waals surface area contributed by atoms with Gasteiger partial charge in [0.1, 0.15) is 16.7 Å². The summed E-state index contributed by atoms with van der Waals surface area (Å²) >= 11 is 1.30. The van der Waals surface area contributed by atoms with E-state index in [2.05, 4.69) is 10.3 Å². The van der Waals surface area contributed by atoms with Crippen molar-refractivity contribution in [1.29, 1.82) is 0 Å². The van der Waals surface area contributed by atoms with Gasteiger partial charge in [0.15, 0.2) is 5.17 Å². The maximum Gasteiger partial charge on any atom is 0.242 e. The van der Waals surface area contributed by atoms with Crippen LogP contribution in [0.2, 0.25) is 0 Å². The average Bonchev–Trinajstić information content (AvgIpc) is 3.02. The molecule has 1 heterocycles. The Morgan fingerprint density at radius 3 is 2.35 bits per heavy atom. The number of amidine groups is 1. The van der Waals surface area contributed by atoms with Crippen molar-refractivity contribution in [3.05, 3.63) is 48.5 Å². The zero-order chi connectivity index (χ0) is 22.2. The molecule has 1 aliphatic rings. The Kier molecular flexibility index (Phi) is 7.94. The maximum atomic E-state index is 12.6. The lowest BCUT2D eigenvalue weighted by molar-refractivity contribution is -0.127. The Labute approximate surface area is 186 Å². The molecule has 2 aromatic rings. The van der Waals surface area contributed by atoms with E-state index in [1.165, 1.54) is 16.7 Å². The minimum Gasteiger partial charge on any atom is -0.494 e. The predicted molar refractivity (Wildman–Crippen MR) is 124 cm³/mol. The van der Waals surface area contributed by atoms with Crippen LogP contribution in [0.25, 0.3) is 0 Å². The van der Waals surface area contributed by atoms with E-state index in [0.29, 0.717) is 24.1 Å². The summed E-state index contributed by atoms with van der Waals surface area (Å²) in [6, 6.07) is 14.6. The SMILES string of the molecule is CCCOc1ccc(NC(=O)CC2SC(=Nc3ccc(OCC)cc3)N(C)C2=O)cc1. The van der Waals surface area contributed by atoms with Gasteiger partial charge in [-0.15, -0.1) is 0 Å². The van der Waals surface area contributed by atoms with Gasteiger partial charge in [-0.3, -0.25) is 14.5 Å². The van der Waals surface area contributed by atoms with Crippen LogP contribution in [-0.4, -0.2) is 47.4 Å². The van der Waals surface area contributed by atoms with Gasteiger partial charge in [-0.1, -0.05) is 18.7 Å². The van der Waals surface area contributed by atoms with E-state index in [4.69, 9.17) is 9.47 Å². The minimum absolute atomic E-state index is 0.0736. The van der Waals surface area contributed by atoms with Gasteiger partial charge in [-0.2, -0.15) is 0 Å². The van der Waals surface area contributed by atoms with E-state index in [9.17, 15) is 9.59 Å². The van der Waals surface area contributed by atoms with Gasteiger partial charge in [0.2, 0.25) is 11.8 Å². The Balaban J connectivity index is 1.58. The van der Waals surface area contributed by atoms with Gasteiger partial charge >= 0.3 is 0 Å². The van der Waals surface area contributed by atoms with Crippen molar-refractivity contribution in [2.45, 2.75) is 31.9 Å². The van der Waals surface area contributed by atoms with Crippen molar-refractivity contribution in [1.82, 2.24) is 4.90 Å². The number of benzene rings is 2. The van der Waals surface area contributed by atoms with Gasteiger partial charge in [0, 0.05) is 19.2 Å². The summed E-state index contributed by atoms with van der Waals surface area (Å²) in [6.45, 7) is 5.22. The molecular formula is C23H27N3O4S. The number of carbonyl (C=O) groups excluding carboxylic acids is 2. The molecule has 2 aromatic carbocycles. The lowest BCUT2D eigenvalue weighted by Crippen LogP contribution is -2.30. The van der Waals surface area contributed by atoms with Crippen molar-refractivity contribution >= 4 is 40.1 Å². The summed E-state index contributed by atoms with van der Waals surface area (Å²) in [5, 5.41) is 2.91. The monoisotopic (exact) mass is 441 g/mol. The van der Waals surface area contributed by atoms with Crippen molar-refractivity contribution in [2.75, 3.05) is 25.6 Å². The number of ether oxygens (including phenoxy) is 2. The molecule has 1 N–H and O–H groups in total. The van der Waals surface area contributed by atoms with Gasteiger partial charge in [-0.25, -0.2) is 4.99 Å². The van der Waals surface area contributed by atoms with Crippen LogP contribution in [0.4, 0.5) is 11.4 Å². The predicted octanol–water partition coefficient (Wildman–Crippen LogP) is 4.46. The van der Waals surface area contributed by atoms with Crippen LogP contribution >= 0.6 is 11.8 Å². The smallest absolute Gasteiger partial charge is 0.242 e. The Bertz CT molecular complexity index is 929. The van der Waals surface area contributed by atoms with Gasteiger partial charge in [-0.05, 0) is 61.9 Å². The molecule has 7 nitrogen and oxygen atoms in total. The quantitative estimate of drug-likeness (QED) is 0.621. The molecule has 0 aliphatic carbocycles. The minimum atomic E-state index is -0.501. The molecule has 0 spiro atoms. The first-order chi connectivity index (χ1) is 15.0. The van der Waals surface area contributed by atoms with Crippen LogP contribution in [0.1, 0.15) is 26.7 Å². The number of nitrogens with zero attached hydrogens (tertiary/aromatic N) is 2. The summed E-state index contributed by atoms with van der Waals surface area (Å²) in [4.78, 5) is 31.1. The third-order valence-corrected chi connectivity index (χ3v) is 5.72. The first-order valence-corrected chi connectivity index (χ1v) is 11.2. The molecule has 0 bridgehead atoms. The molecule has 164 valence electrons. The molecule has 0 aromatic heterocycles. The topological polar surface area (TPSA) is 80.2 Å². The first kappa shape index (κ1) is 22.7. The summed E-state index contributed by atoms with van der Waals surface area (Å²) in [5.74, 6) is 1.18. The fourth-order valence-electron chi connectivity index (χ4n) is 2.93. The summed E-state index contributed by atoms with van der Waals surface area (Å²) < 4.78 is 11.0. The van der Waals surface area contributed by atoms with Crippen LogP contribution in [0.15, 0.2) is 53.5 Å². The number of thioether (sulfide) groups is 1. The lowest BCUT2D eigenvalue weighted by Gasteiger charge is -2.10. The number of aliphatic imine (C=N–C) groups is 1. The fraction of sp³-hybridized carbons (Fsp3) is 0.348. The zero-order valence-electron chi connectivity index (χ0n) is 18.0. The molecule has 3 rings (SSSR count). The third-order valence-electron chi connectivity index (χ3n) is 4.49. The molecule has 0 saturated carbocycles. The average molecular weight is 442 g/mol. The van der Waals surface area contributed by atoms with Crippen molar-refractivity contribution in [3.8, 4) is 11.5 Å². The highest BCUT2D eigenvalue weighted by atomic mass is 32.2. The second-order valence-corrected chi connectivity index (χ2v) is 8.12. The summed E-state index contributed by atoms with van der Waals surface area (Å²) in [6.07, 6.45) is 1.01. The molecule has 31 heavy (non-hydrogen) atoms. The van der Waals surface area contributed by atoms with E-state index in [1.54, 1.807) is 19.2 Å². The Hall–Kier alpha value is -3.00. The van der Waals surface area contributed by atoms with E-state index >= 15 is 0 Å². The number of hydrogen-bond acceptors (Lipinski definition) is 6. The molecule has 1 saturated heterocycles. The zero-order valence-corrected chi connectivity index (χ0v) is 18.8. The highest BCUT2D eigenvalue weighted by Crippen LogP contribution is 2.31. The highest BCUT2D eigenvalue weighted by Gasteiger charge is 2.37. The van der Waals surface area contributed by atoms with Gasteiger partial charge in [0.25, 0.3) is 0 Å². The van der Waals surface area contributed by atoms with Gasteiger partial charge < -0.3 is 14.8 Å². The van der Waals surface area contributed by atoms with Gasteiger partial charge in [0.05, 0.1) is 18.9 Å². The van der Waals surface area contributed by atoms with Crippen LogP contribution in [-0.2, 0) is 9.59 Å². The molecule has 1 atom stereocenters. The number of amides is 2. The molecule has 1 fully saturated rings. The Morgan fingerprint density at radius 2 is 1.71 bits per heavy atom. The Morgan fingerprint density at radius 1 is 1.06 bits per heavy atom. The van der Waals surface area contributed by atoms with Crippen molar-refractivity contribution < 1.29 is 19.1 Å². The molecule has 8 heteroatoms. The summed E-state index contributed by atoms with van der Waals surface area (Å²) in [7, 11) is 1.68. The fourth-order valence-corrected chi connectivity index (χ4v) is 4.08. The number of anilines is 1. The normalized spacial score (nSPS) is 17.1. The van der Waals surface area contributed by atoms with Crippen molar-refractivity contribution in [2.24, 2.45) is 4.99 Å². The number of hydrogen-bond donors (Lipinski definition) is 1. The molecular weight excluding hydrogens is 414 g/mol. The standard InChI is InChI=1S/C23H27N3O4S/c1-4-14-30-19-12-6-16(7-13-19)24-21(27)15-20-22(28)26(3)23(31-20)25-17-8-10-18(11-9-17)29-5-2/h6-13,20H,4-5,14-15H2,1-3H3,(H,24,27). The van der Waals surface area contributed by atoms with Crippen molar-refractivity contribution in [3.63, 3.8) is 0 Å². The van der Waals surface area contributed by atoms with Crippen LogP contribution in [0.3, 0.4) is 0 Å². The van der Waals surface area contributed by atoms with Crippen LogP contribution < -0.4 is 14.8 Å². The van der Waals surface area contributed by atoms with Crippen LogP contribution in [0.5, 0.6) is 11.5 Å². The lowest BCUT2D eigenvalue weighted by atomic mass is 10.2. The molecule has 1 aliphatic heterocycles. The van der Waals surface area contributed by atoms with E-state index < -0.39 is 5.25 Å². The highest BCUT2D eigenvalue weighted by molar-refractivity contribution is 8.15. The van der Waals surface area contributed by atoms with E-state index in [0.717, 1.165) is 23.6 Å². The number of rotatable bonds is 9. The first-order valence-electron chi connectivity index (χ1n) is 10.3. The number of carbonyl (C=O) groups is 2. The van der Waals surface area contributed by atoms with E-state index in [1.807, 2.05) is 50.2 Å². The molecule has 1 unspecified atom stereocenters. The second kappa shape index (κ2) is 10.9. The maximum absolute atomic E-state index is 12.6. The second-order valence-electron chi connectivity index (χ2n) is 6.95. The molecule has 2 amide bonds. The van der Waals surface area contributed by atoms with E-state index in [-0.39, 0.29) is 18.2 Å². The van der Waals surface area contributed by atoms with Crippen LogP contribution in [0, 0.1) is 0 Å². The summed E-state index contributed by atoms with van der Waals surface area (Å²) in [5.41, 5.74) is 1.39. The molecule has 0 radical (unpaired) electrons. The third kappa shape index (κ3) is 6.24.